The fourth-order valence-electron chi connectivity index (χ4n) is 3.08. The van der Waals surface area contributed by atoms with E-state index in [2.05, 4.69) is 5.32 Å². The van der Waals surface area contributed by atoms with Crippen molar-refractivity contribution >= 4 is 45.1 Å². The molecule has 4 rings (SSSR count). The lowest BCUT2D eigenvalue weighted by Gasteiger charge is -2.16. The topological polar surface area (TPSA) is 92.6 Å². The Morgan fingerprint density at radius 2 is 1.71 bits per heavy atom. The lowest BCUT2D eigenvalue weighted by Crippen LogP contribution is -2.33. The highest BCUT2D eigenvalue weighted by atomic mass is 32.2. The molecule has 1 aliphatic rings. The van der Waals surface area contributed by atoms with E-state index in [9.17, 15) is 19.7 Å². The third kappa shape index (κ3) is 3.41. The molecule has 1 saturated heterocycles. The number of imide groups is 1. The second-order valence-electron chi connectivity index (χ2n) is 6.28. The van der Waals surface area contributed by atoms with Crippen LogP contribution in [0.5, 0.6) is 0 Å². The van der Waals surface area contributed by atoms with Crippen LogP contribution in [0.3, 0.4) is 0 Å². The lowest BCUT2D eigenvalue weighted by molar-refractivity contribution is -0.384. The van der Waals surface area contributed by atoms with Crippen LogP contribution in [0.25, 0.3) is 10.8 Å². The van der Waals surface area contributed by atoms with E-state index < -0.39 is 10.3 Å². The summed E-state index contributed by atoms with van der Waals surface area (Å²) in [6.07, 6.45) is 0. The fourth-order valence-corrected chi connectivity index (χ4v) is 3.98. The van der Waals surface area contributed by atoms with Gasteiger partial charge in [-0.3, -0.25) is 24.6 Å². The van der Waals surface area contributed by atoms with Crippen LogP contribution < -0.4 is 5.32 Å². The predicted octanol–water partition coefficient (Wildman–Crippen LogP) is 4.38. The summed E-state index contributed by atoms with van der Waals surface area (Å²) in [5.41, 5.74) is 1.40. The minimum absolute atomic E-state index is 0.0345. The van der Waals surface area contributed by atoms with E-state index in [1.54, 1.807) is 12.1 Å². The van der Waals surface area contributed by atoms with E-state index in [1.807, 2.05) is 42.5 Å². The number of nitrogens with one attached hydrogen (secondary N) is 1. The van der Waals surface area contributed by atoms with Crippen molar-refractivity contribution in [2.24, 2.45) is 0 Å². The number of rotatable bonds is 5. The summed E-state index contributed by atoms with van der Waals surface area (Å²) < 4.78 is 0. The Morgan fingerprint density at radius 1 is 1.00 bits per heavy atom. The smallest absolute Gasteiger partial charge is 0.291 e. The normalized spacial score (nSPS) is 16.6. The molecule has 1 heterocycles. The van der Waals surface area contributed by atoms with Crippen LogP contribution in [-0.4, -0.2) is 26.3 Å². The van der Waals surface area contributed by atoms with Crippen LogP contribution in [0.1, 0.15) is 5.56 Å². The van der Waals surface area contributed by atoms with Crippen LogP contribution in [-0.2, 0) is 11.3 Å². The Kier molecular flexibility index (Phi) is 4.70. The summed E-state index contributed by atoms with van der Waals surface area (Å²) in [4.78, 5) is 36.5. The zero-order valence-electron chi connectivity index (χ0n) is 14.6. The Hall–Kier alpha value is -3.39. The van der Waals surface area contributed by atoms with Crippen molar-refractivity contribution in [3.63, 3.8) is 0 Å². The summed E-state index contributed by atoms with van der Waals surface area (Å²) >= 11 is 0.931. The molecule has 0 aliphatic carbocycles. The number of nitrogens with zero attached hydrogens (tertiary/aromatic N) is 2. The largest absolute Gasteiger partial charge is 0.365 e. The van der Waals surface area contributed by atoms with Gasteiger partial charge >= 0.3 is 0 Å². The molecule has 0 radical (unpaired) electrons. The molecule has 0 spiro atoms. The molecule has 28 heavy (non-hydrogen) atoms. The van der Waals surface area contributed by atoms with Crippen LogP contribution in [0.15, 0.2) is 66.7 Å². The number of anilines is 1. The molecule has 0 bridgehead atoms. The molecule has 8 heteroatoms. The first-order valence-corrected chi connectivity index (χ1v) is 9.40. The number of nitro groups is 1. The number of hydrogen-bond acceptors (Lipinski definition) is 6. The van der Waals surface area contributed by atoms with Gasteiger partial charge < -0.3 is 5.32 Å². The highest BCUT2D eigenvalue weighted by Crippen LogP contribution is 2.32. The molecular weight excluding hydrogens is 378 g/mol. The zero-order valence-corrected chi connectivity index (χ0v) is 15.4. The SMILES string of the molecule is O=C1S[C@@H](Nc2cccc3ccccc23)C(=O)N1Cc1ccc([N+](=O)[O-])cc1. The minimum Gasteiger partial charge on any atom is -0.365 e. The van der Waals surface area contributed by atoms with E-state index in [-0.39, 0.29) is 23.4 Å². The van der Waals surface area contributed by atoms with Gasteiger partial charge in [-0.25, -0.2) is 0 Å². The van der Waals surface area contributed by atoms with Gasteiger partial charge in [0.05, 0.1) is 11.5 Å². The van der Waals surface area contributed by atoms with Gasteiger partial charge in [0.15, 0.2) is 5.37 Å². The first-order chi connectivity index (χ1) is 13.5. The van der Waals surface area contributed by atoms with Gasteiger partial charge in [0, 0.05) is 23.2 Å². The number of carbonyl (C=O) groups is 2. The number of hydrogen-bond donors (Lipinski definition) is 1. The Balaban J connectivity index is 1.51. The molecule has 140 valence electrons. The molecule has 3 aromatic carbocycles. The second kappa shape index (κ2) is 7.32. The molecule has 0 unspecified atom stereocenters. The molecule has 2 amide bonds. The lowest BCUT2D eigenvalue weighted by atomic mass is 10.1. The van der Waals surface area contributed by atoms with Crippen LogP contribution in [0.4, 0.5) is 16.2 Å². The predicted molar refractivity (Wildman–Crippen MR) is 108 cm³/mol. The maximum absolute atomic E-state index is 12.7. The fraction of sp³-hybridized carbons (Fsp3) is 0.100. The number of nitro benzene ring substituents is 1. The van der Waals surface area contributed by atoms with E-state index >= 15 is 0 Å². The molecule has 0 aromatic heterocycles. The van der Waals surface area contributed by atoms with E-state index in [1.165, 1.54) is 12.1 Å². The number of thioether (sulfide) groups is 1. The van der Waals surface area contributed by atoms with Crippen molar-refractivity contribution in [1.29, 1.82) is 0 Å². The average molecular weight is 393 g/mol. The standard InChI is InChI=1S/C20H15N3O4S/c24-19-18(21-17-7-3-5-14-4-1-2-6-16(14)17)28-20(25)22(19)12-13-8-10-15(11-9-13)23(26)27/h1-11,18,21H,12H2/t18-/m1/s1. The molecular formula is C20H15N3O4S. The van der Waals surface area contributed by atoms with E-state index in [0.717, 1.165) is 33.1 Å². The van der Waals surface area contributed by atoms with E-state index in [4.69, 9.17) is 0 Å². The maximum atomic E-state index is 12.7. The maximum Gasteiger partial charge on any atom is 0.291 e. The Labute approximate surface area is 164 Å². The van der Waals surface area contributed by atoms with Gasteiger partial charge in [-0.15, -0.1) is 0 Å². The van der Waals surface area contributed by atoms with Gasteiger partial charge in [-0.2, -0.15) is 0 Å². The van der Waals surface area contributed by atoms with E-state index in [0.29, 0.717) is 5.56 Å². The van der Waals surface area contributed by atoms with Crippen LogP contribution in [0, 0.1) is 10.1 Å². The third-order valence-electron chi connectivity index (χ3n) is 4.49. The number of fused-ring (bicyclic) bond motifs is 1. The van der Waals surface area contributed by atoms with Gasteiger partial charge in [0.1, 0.15) is 0 Å². The van der Waals surface area contributed by atoms with Gasteiger partial charge in [-0.1, -0.05) is 48.5 Å². The van der Waals surface area contributed by atoms with Crippen LogP contribution >= 0.6 is 11.8 Å². The molecule has 1 aliphatic heterocycles. The van der Waals surface area contributed by atoms with Crippen molar-refractivity contribution in [1.82, 2.24) is 4.90 Å². The molecule has 0 saturated carbocycles. The number of carbonyl (C=O) groups excluding carboxylic acids is 2. The van der Waals surface area contributed by atoms with Crippen molar-refractivity contribution in [3.05, 3.63) is 82.4 Å². The molecule has 3 aromatic rings. The monoisotopic (exact) mass is 393 g/mol. The zero-order chi connectivity index (χ0) is 19.7. The first kappa shape index (κ1) is 18.0. The Morgan fingerprint density at radius 3 is 2.46 bits per heavy atom. The van der Waals surface area contributed by atoms with Gasteiger partial charge in [0.2, 0.25) is 0 Å². The van der Waals surface area contributed by atoms with Crippen molar-refractivity contribution < 1.29 is 14.5 Å². The highest BCUT2D eigenvalue weighted by Gasteiger charge is 2.39. The van der Waals surface area contributed by atoms with Crippen molar-refractivity contribution in [2.45, 2.75) is 11.9 Å². The van der Waals surface area contributed by atoms with Crippen LogP contribution in [0.2, 0.25) is 0 Å². The number of non-ortho nitro benzene ring substituents is 1. The molecule has 1 fully saturated rings. The average Bonchev–Trinajstić information content (AvgIpc) is 2.96. The summed E-state index contributed by atoms with van der Waals surface area (Å²) in [6.45, 7) is 0.0797. The second-order valence-corrected chi connectivity index (χ2v) is 7.34. The van der Waals surface area contributed by atoms with Gasteiger partial charge in [-0.05, 0) is 28.8 Å². The third-order valence-corrected chi connectivity index (χ3v) is 5.47. The number of benzene rings is 3. The first-order valence-electron chi connectivity index (χ1n) is 8.52. The summed E-state index contributed by atoms with van der Waals surface area (Å²) in [5.74, 6) is -0.332. The summed E-state index contributed by atoms with van der Waals surface area (Å²) in [7, 11) is 0. The summed E-state index contributed by atoms with van der Waals surface area (Å²) in [5, 5.41) is 14.9. The molecule has 1 atom stereocenters. The summed E-state index contributed by atoms with van der Waals surface area (Å²) in [6, 6.07) is 19.4. The minimum atomic E-state index is -0.712. The van der Waals surface area contributed by atoms with Gasteiger partial charge in [0.25, 0.3) is 16.8 Å². The number of amides is 2. The quantitative estimate of drug-likeness (QED) is 0.511. The Bertz CT molecular complexity index is 1080. The van der Waals surface area contributed by atoms with Crippen molar-refractivity contribution in [3.8, 4) is 0 Å². The molecule has 7 nitrogen and oxygen atoms in total. The van der Waals surface area contributed by atoms with Crippen molar-refractivity contribution in [2.75, 3.05) is 5.32 Å². The molecule has 1 N–H and O–H groups in total. The highest BCUT2D eigenvalue weighted by molar-refractivity contribution is 8.15.